The van der Waals surface area contributed by atoms with Crippen molar-refractivity contribution in [3.63, 3.8) is 0 Å². The van der Waals surface area contributed by atoms with Crippen molar-refractivity contribution < 1.29 is 40.2 Å². The lowest BCUT2D eigenvalue weighted by Gasteiger charge is -2.40. The molecule has 100 valence electrons. The highest BCUT2D eigenvalue weighted by Crippen LogP contribution is 2.24. The topological polar surface area (TPSA) is 148 Å². The first kappa shape index (κ1) is 14.3. The van der Waals surface area contributed by atoms with Crippen LogP contribution < -0.4 is 0 Å². The van der Waals surface area contributed by atoms with Crippen molar-refractivity contribution in [2.24, 2.45) is 0 Å². The molecule has 8 nitrogen and oxygen atoms in total. The number of aliphatic hydroxyl groups excluding tert-OH is 5. The molecular formula is C9H16O8. The number of carboxylic acids is 1. The molecule has 1 fully saturated rings. The molecule has 6 N–H and O–H groups in total. The Morgan fingerprint density at radius 3 is 2.12 bits per heavy atom. The van der Waals surface area contributed by atoms with Gasteiger partial charge in [0.2, 0.25) is 0 Å². The zero-order valence-corrected chi connectivity index (χ0v) is 8.88. The normalized spacial score (nSPS) is 39.9. The van der Waals surface area contributed by atoms with E-state index in [0.29, 0.717) is 0 Å². The highest BCUT2D eigenvalue weighted by Gasteiger charge is 2.44. The van der Waals surface area contributed by atoms with Crippen LogP contribution >= 0.6 is 0 Å². The number of hydrogen-bond donors (Lipinski definition) is 6. The number of carboxylic acid groups (broad SMARTS) is 1. The van der Waals surface area contributed by atoms with Gasteiger partial charge in [-0.1, -0.05) is 0 Å². The third-order valence-corrected chi connectivity index (χ3v) is 2.73. The quantitative estimate of drug-likeness (QED) is 0.304. The maximum absolute atomic E-state index is 10.4. The molecule has 8 heteroatoms. The lowest BCUT2D eigenvalue weighted by molar-refractivity contribution is -0.234. The maximum Gasteiger partial charge on any atom is 0.332 e. The summed E-state index contributed by atoms with van der Waals surface area (Å²) in [6.07, 6.45) is -9.05. The predicted molar refractivity (Wildman–Crippen MR) is 52.0 cm³/mol. The van der Waals surface area contributed by atoms with Crippen molar-refractivity contribution in [2.75, 3.05) is 6.61 Å². The van der Waals surface area contributed by atoms with Gasteiger partial charge in [0, 0.05) is 6.42 Å². The summed E-state index contributed by atoms with van der Waals surface area (Å²) >= 11 is 0. The third kappa shape index (κ3) is 3.12. The second-order valence-electron chi connectivity index (χ2n) is 3.96. The Bertz CT molecular complexity index is 268. The van der Waals surface area contributed by atoms with Gasteiger partial charge in [-0.3, -0.25) is 0 Å². The van der Waals surface area contributed by atoms with E-state index in [-0.39, 0.29) is 0 Å². The molecular weight excluding hydrogens is 236 g/mol. The van der Waals surface area contributed by atoms with Gasteiger partial charge in [0.25, 0.3) is 0 Å². The Balaban J connectivity index is 2.68. The first-order valence-electron chi connectivity index (χ1n) is 5.09. The van der Waals surface area contributed by atoms with Gasteiger partial charge >= 0.3 is 5.97 Å². The van der Waals surface area contributed by atoms with Crippen LogP contribution in [0.5, 0.6) is 0 Å². The standard InChI is InChI=1S/C9H16O8/c10-2-5-7(13)8(14)6(12)4(17-5)1-3(11)9(15)16/h3-8,10-14H,1-2H2,(H,15,16)/t3?,4?,5-,6+,7-,8-/m1/s1. The molecule has 1 rings (SSSR count). The molecule has 17 heavy (non-hydrogen) atoms. The third-order valence-electron chi connectivity index (χ3n) is 2.73. The molecule has 0 saturated carbocycles. The van der Waals surface area contributed by atoms with Crippen molar-refractivity contribution in [1.29, 1.82) is 0 Å². The fourth-order valence-electron chi connectivity index (χ4n) is 1.69. The van der Waals surface area contributed by atoms with Gasteiger partial charge in [-0.25, -0.2) is 4.79 Å². The number of aliphatic hydroxyl groups is 5. The summed E-state index contributed by atoms with van der Waals surface area (Å²) in [4.78, 5) is 10.4. The van der Waals surface area contributed by atoms with E-state index in [1.54, 1.807) is 0 Å². The van der Waals surface area contributed by atoms with E-state index < -0.39 is 55.6 Å². The van der Waals surface area contributed by atoms with Crippen LogP contribution in [0, 0.1) is 0 Å². The summed E-state index contributed by atoms with van der Waals surface area (Å²) in [5.41, 5.74) is 0. The summed E-state index contributed by atoms with van der Waals surface area (Å²) in [6, 6.07) is 0. The van der Waals surface area contributed by atoms with Crippen LogP contribution in [-0.4, -0.2) is 79.8 Å². The van der Waals surface area contributed by atoms with E-state index in [1.165, 1.54) is 0 Å². The van der Waals surface area contributed by atoms with Crippen molar-refractivity contribution in [3.8, 4) is 0 Å². The van der Waals surface area contributed by atoms with Crippen molar-refractivity contribution in [3.05, 3.63) is 0 Å². The maximum atomic E-state index is 10.4. The van der Waals surface area contributed by atoms with E-state index in [1.807, 2.05) is 0 Å². The van der Waals surface area contributed by atoms with E-state index in [4.69, 9.17) is 20.1 Å². The largest absolute Gasteiger partial charge is 0.479 e. The molecule has 0 aliphatic carbocycles. The highest BCUT2D eigenvalue weighted by atomic mass is 16.5. The van der Waals surface area contributed by atoms with Gasteiger partial charge in [-0.05, 0) is 0 Å². The Morgan fingerprint density at radius 1 is 1.12 bits per heavy atom. The minimum absolute atomic E-state index is 0.448. The van der Waals surface area contributed by atoms with Crippen LogP contribution in [0.4, 0.5) is 0 Å². The predicted octanol–water partition coefficient (Wildman–Crippen LogP) is -3.34. The van der Waals surface area contributed by atoms with Gasteiger partial charge < -0.3 is 35.4 Å². The fraction of sp³-hybridized carbons (Fsp3) is 0.889. The number of rotatable bonds is 4. The van der Waals surface area contributed by atoms with Crippen LogP contribution in [0.2, 0.25) is 0 Å². The Hall–Kier alpha value is -0.770. The first-order valence-corrected chi connectivity index (χ1v) is 5.09. The summed E-state index contributed by atoms with van der Waals surface area (Å²) in [5.74, 6) is -1.48. The minimum Gasteiger partial charge on any atom is -0.479 e. The molecule has 1 aliphatic rings. The minimum atomic E-state index is -1.75. The van der Waals surface area contributed by atoms with Crippen LogP contribution in [0.25, 0.3) is 0 Å². The molecule has 0 bridgehead atoms. The molecule has 0 radical (unpaired) electrons. The van der Waals surface area contributed by atoms with Crippen molar-refractivity contribution >= 4 is 5.97 Å². The average Bonchev–Trinajstić information content (AvgIpc) is 2.29. The smallest absolute Gasteiger partial charge is 0.332 e. The second kappa shape index (κ2) is 5.71. The van der Waals surface area contributed by atoms with Gasteiger partial charge in [0.15, 0.2) is 6.10 Å². The summed E-state index contributed by atoms with van der Waals surface area (Å²) in [6.45, 7) is -0.593. The van der Waals surface area contributed by atoms with Crippen LogP contribution in [0.1, 0.15) is 6.42 Å². The van der Waals surface area contributed by atoms with E-state index in [2.05, 4.69) is 0 Å². The average molecular weight is 252 g/mol. The van der Waals surface area contributed by atoms with E-state index in [9.17, 15) is 20.1 Å². The van der Waals surface area contributed by atoms with Gasteiger partial charge in [-0.15, -0.1) is 0 Å². The van der Waals surface area contributed by atoms with Gasteiger partial charge in [0.05, 0.1) is 12.7 Å². The Labute approximate surface area is 96.7 Å². The summed E-state index contributed by atoms with van der Waals surface area (Å²) in [7, 11) is 0. The molecule has 0 spiro atoms. The molecule has 0 aromatic rings. The molecule has 0 amide bonds. The van der Waals surface area contributed by atoms with Crippen molar-refractivity contribution in [1.82, 2.24) is 0 Å². The molecule has 1 heterocycles. The van der Waals surface area contributed by atoms with Crippen LogP contribution in [0.15, 0.2) is 0 Å². The highest BCUT2D eigenvalue weighted by molar-refractivity contribution is 5.71. The van der Waals surface area contributed by atoms with E-state index >= 15 is 0 Å². The van der Waals surface area contributed by atoms with Gasteiger partial charge in [0.1, 0.15) is 24.4 Å². The first-order chi connectivity index (χ1) is 7.88. The zero-order valence-electron chi connectivity index (χ0n) is 8.88. The molecule has 1 aliphatic heterocycles. The zero-order chi connectivity index (χ0) is 13.2. The lowest BCUT2D eigenvalue weighted by Crippen LogP contribution is -2.59. The Morgan fingerprint density at radius 2 is 1.65 bits per heavy atom. The van der Waals surface area contributed by atoms with Crippen molar-refractivity contribution in [2.45, 2.75) is 43.0 Å². The van der Waals surface area contributed by atoms with Crippen LogP contribution in [0.3, 0.4) is 0 Å². The van der Waals surface area contributed by atoms with E-state index in [0.717, 1.165) is 0 Å². The SMILES string of the molecule is O=C(O)C(O)CC1O[C@H](CO)[C@@H](O)[C@H](O)[C@H]1O. The Kier molecular flexibility index (Phi) is 4.80. The van der Waals surface area contributed by atoms with Crippen LogP contribution in [-0.2, 0) is 9.53 Å². The monoisotopic (exact) mass is 252 g/mol. The molecule has 0 aromatic carbocycles. The summed E-state index contributed by atoms with van der Waals surface area (Å²) < 4.78 is 5.02. The van der Waals surface area contributed by atoms with Gasteiger partial charge in [-0.2, -0.15) is 0 Å². The molecule has 2 unspecified atom stereocenters. The number of ether oxygens (including phenoxy) is 1. The molecule has 6 atom stereocenters. The second-order valence-corrected chi connectivity index (χ2v) is 3.96. The fourth-order valence-corrected chi connectivity index (χ4v) is 1.69. The number of aliphatic carboxylic acids is 1. The molecule has 0 aromatic heterocycles. The molecule has 1 saturated heterocycles. The number of hydrogen-bond acceptors (Lipinski definition) is 7. The summed E-state index contributed by atoms with van der Waals surface area (Å²) in [5, 5.41) is 54.8. The lowest BCUT2D eigenvalue weighted by atomic mass is 9.92. The number of carbonyl (C=O) groups is 1.